The van der Waals surface area contributed by atoms with Crippen molar-refractivity contribution in [3.63, 3.8) is 0 Å². The molecule has 0 saturated carbocycles. The van der Waals surface area contributed by atoms with E-state index in [-0.39, 0.29) is 5.05 Å². The Morgan fingerprint density at radius 3 is 2.33 bits per heavy atom. The van der Waals surface area contributed by atoms with Crippen molar-refractivity contribution >= 4 is 17.3 Å². The Balaban J connectivity index is 3.79. The van der Waals surface area contributed by atoms with Gasteiger partial charge in [0.1, 0.15) is 0 Å². The van der Waals surface area contributed by atoms with E-state index in [1.165, 1.54) is 5.57 Å². The Bertz CT molecular complexity index is 210. The van der Waals surface area contributed by atoms with Crippen molar-refractivity contribution in [2.24, 2.45) is 0 Å². The van der Waals surface area contributed by atoms with Crippen LogP contribution in [0.3, 0.4) is 0 Å². The van der Waals surface area contributed by atoms with Crippen molar-refractivity contribution in [2.75, 3.05) is 0 Å². The average Bonchev–Trinajstić information content (AvgIpc) is 1.84. The lowest BCUT2D eigenvalue weighted by molar-refractivity contribution is 0.573. The van der Waals surface area contributed by atoms with Gasteiger partial charge in [0.25, 0.3) is 0 Å². The van der Waals surface area contributed by atoms with Crippen LogP contribution in [0.1, 0.15) is 33.6 Å². The highest BCUT2D eigenvalue weighted by Gasteiger charge is 1.90. The third kappa shape index (κ3) is 7.48. The summed E-state index contributed by atoms with van der Waals surface area (Å²) in [7, 11) is 0. The summed E-state index contributed by atoms with van der Waals surface area (Å²) in [6.45, 7) is 6.13. The normalized spacial score (nSPS) is 11.1. The zero-order valence-electron chi connectivity index (χ0n) is 7.92. The first-order chi connectivity index (χ1) is 5.52. The minimum Gasteiger partial charge on any atom is -0.499 e. The fraction of sp³-hybridized carbons (Fsp3) is 0.500. The topological polar surface area (TPSA) is 20.2 Å². The molecule has 1 N–H and O–H groups in total. The molecule has 12 heavy (non-hydrogen) atoms. The van der Waals surface area contributed by atoms with Crippen LogP contribution < -0.4 is 0 Å². The summed E-state index contributed by atoms with van der Waals surface area (Å²) in [5.41, 5.74) is 2.45. The van der Waals surface area contributed by atoms with E-state index in [0.29, 0.717) is 0 Å². The predicted molar refractivity (Wildman–Crippen MR) is 57.6 cm³/mol. The molecule has 0 saturated heterocycles. The number of thiocarbonyl (C=S) groups is 1. The van der Waals surface area contributed by atoms with Crippen LogP contribution >= 0.6 is 12.2 Å². The summed E-state index contributed by atoms with van der Waals surface area (Å²) in [5.74, 6) is 0. The van der Waals surface area contributed by atoms with E-state index < -0.39 is 0 Å². The highest BCUT2D eigenvalue weighted by molar-refractivity contribution is 7.80. The molecule has 2 heteroatoms. The molecule has 0 spiro atoms. The van der Waals surface area contributed by atoms with E-state index in [0.717, 1.165) is 18.4 Å². The van der Waals surface area contributed by atoms with Gasteiger partial charge in [-0.3, -0.25) is 0 Å². The van der Waals surface area contributed by atoms with E-state index in [9.17, 15) is 0 Å². The van der Waals surface area contributed by atoms with Crippen LogP contribution in [-0.4, -0.2) is 10.2 Å². The molecule has 0 aliphatic carbocycles. The quantitative estimate of drug-likeness (QED) is 0.409. The molecule has 0 atom stereocenters. The average molecular weight is 184 g/mol. The second-order valence-electron chi connectivity index (χ2n) is 3.15. The molecule has 0 aliphatic heterocycles. The number of hydrogen-bond acceptors (Lipinski definition) is 1. The highest BCUT2D eigenvalue weighted by Crippen LogP contribution is 2.06. The third-order valence-corrected chi connectivity index (χ3v) is 1.58. The summed E-state index contributed by atoms with van der Waals surface area (Å²) < 4.78 is 0. The van der Waals surface area contributed by atoms with Gasteiger partial charge in [0.05, 0.1) is 0 Å². The van der Waals surface area contributed by atoms with Gasteiger partial charge < -0.3 is 5.11 Å². The monoisotopic (exact) mass is 184 g/mol. The summed E-state index contributed by atoms with van der Waals surface area (Å²) in [6, 6.07) is 0. The standard InChI is InChI=1S/C10H16OS/c1-8(2)5-4-6-9(3)7-10(11)12/h5,7H,4,6H2,1-3H3,(H,11,12)/b9-7-. The van der Waals surface area contributed by atoms with Crippen molar-refractivity contribution in [1.29, 1.82) is 0 Å². The minimum atomic E-state index is -0.0234. The fourth-order valence-electron chi connectivity index (χ4n) is 0.871. The first-order valence-corrected chi connectivity index (χ1v) is 4.46. The van der Waals surface area contributed by atoms with E-state index in [2.05, 4.69) is 32.1 Å². The number of allylic oxidation sites excluding steroid dienone is 3. The van der Waals surface area contributed by atoms with Gasteiger partial charge in [-0.2, -0.15) is 0 Å². The number of hydrogen-bond donors (Lipinski definition) is 1. The van der Waals surface area contributed by atoms with Crippen LogP contribution in [0, 0.1) is 0 Å². The van der Waals surface area contributed by atoms with Gasteiger partial charge >= 0.3 is 0 Å². The molecule has 0 aromatic rings. The zero-order chi connectivity index (χ0) is 9.56. The van der Waals surface area contributed by atoms with E-state index in [1.807, 2.05) is 6.92 Å². The molecule has 0 fully saturated rings. The number of aliphatic hydroxyl groups excluding tert-OH is 1. The van der Waals surface area contributed by atoms with Crippen molar-refractivity contribution in [3.8, 4) is 0 Å². The molecule has 0 amide bonds. The van der Waals surface area contributed by atoms with E-state index >= 15 is 0 Å². The smallest absolute Gasteiger partial charge is 0.181 e. The Kier molecular flexibility index (Phi) is 5.64. The Morgan fingerprint density at radius 2 is 1.92 bits per heavy atom. The fourth-order valence-corrected chi connectivity index (χ4v) is 1.07. The van der Waals surface area contributed by atoms with Crippen LogP contribution in [0.5, 0.6) is 0 Å². The van der Waals surface area contributed by atoms with Gasteiger partial charge in [0.15, 0.2) is 5.05 Å². The van der Waals surface area contributed by atoms with Crippen molar-refractivity contribution in [3.05, 3.63) is 23.3 Å². The van der Waals surface area contributed by atoms with Crippen LogP contribution in [0.2, 0.25) is 0 Å². The van der Waals surface area contributed by atoms with Gasteiger partial charge in [-0.1, -0.05) is 17.2 Å². The van der Waals surface area contributed by atoms with Crippen molar-refractivity contribution in [1.82, 2.24) is 0 Å². The second kappa shape index (κ2) is 5.95. The molecule has 0 aromatic heterocycles. The Labute approximate surface area is 79.8 Å². The van der Waals surface area contributed by atoms with Gasteiger partial charge in [-0.15, -0.1) is 0 Å². The molecular formula is C10H16OS. The maximum atomic E-state index is 8.77. The summed E-state index contributed by atoms with van der Waals surface area (Å²) in [6.07, 6.45) is 5.80. The van der Waals surface area contributed by atoms with Crippen molar-refractivity contribution < 1.29 is 5.11 Å². The van der Waals surface area contributed by atoms with E-state index in [1.54, 1.807) is 6.08 Å². The summed E-state index contributed by atoms with van der Waals surface area (Å²) in [5, 5.41) is 8.75. The van der Waals surface area contributed by atoms with Crippen molar-refractivity contribution in [2.45, 2.75) is 33.6 Å². The van der Waals surface area contributed by atoms with Crippen LogP contribution in [0.25, 0.3) is 0 Å². The van der Waals surface area contributed by atoms with Crippen LogP contribution in [0.15, 0.2) is 23.3 Å². The highest BCUT2D eigenvalue weighted by atomic mass is 32.1. The Morgan fingerprint density at radius 1 is 1.33 bits per heavy atom. The first kappa shape index (κ1) is 11.4. The number of rotatable bonds is 4. The third-order valence-electron chi connectivity index (χ3n) is 1.46. The SMILES string of the molecule is CC(C)=CCC/C(C)=C\C(O)=S. The van der Waals surface area contributed by atoms with Crippen LogP contribution in [-0.2, 0) is 0 Å². The lowest BCUT2D eigenvalue weighted by Crippen LogP contribution is -1.86. The molecule has 1 nitrogen and oxygen atoms in total. The molecule has 0 bridgehead atoms. The summed E-state index contributed by atoms with van der Waals surface area (Å²) >= 11 is 4.54. The molecule has 0 aliphatic rings. The number of aliphatic hydroxyl groups is 1. The molecular weight excluding hydrogens is 168 g/mol. The van der Waals surface area contributed by atoms with Gasteiger partial charge in [0.2, 0.25) is 0 Å². The van der Waals surface area contributed by atoms with Gasteiger partial charge in [-0.05, 0) is 51.9 Å². The van der Waals surface area contributed by atoms with Gasteiger partial charge in [0, 0.05) is 0 Å². The lowest BCUT2D eigenvalue weighted by Gasteiger charge is -1.96. The van der Waals surface area contributed by atoms with E-state index in [4.69, 9.17) is 5.11 Å². The minimum absolute atomic E-state index is 0.0234. The second-order valence-corrected chi connectivity index (χ2v) is 3.57. The molecule has 68 valence electrons. The molecule has 0 radical (unpaired) electrons. The first-order valence-electron chi connectivity index (χ1n) is 4.06. The predicted octanol–water partition coefficient (Wildman–Crippen LogP) is 3.56. The maximum Gasteiger partial charge on any atom is 0.181 e. The molecule has 0 aromatic carbocycles. The van der Waals surface area contributed by atoms with Crippen LogP contribution in [0.4, 0.5) is 0 Å². The maximum absolute atomic E-state index is 8.77. The Hall–Kier alpha value is -0.630. The zero-order valence-corrected chi connectivity index (χ0v) is 8.74. The molecule has 0 unspecified atom stereocenters. The molecule has 0 heterocycles. The van der Waals surface area contributed by atoms with Gasteiger partial charge in [-0.25, -0.2) is 0 Å². The largest absolute Gasteiger partial charge is 0.499 e. The lowest BCUT2D eigenvalue weighted by atomic mass is 10.1. The molecule has 0 rings (SSSR count). The summed E-state index contributed by atoms with van der Waals surface area (Å²) in [4.78, 5) is 0.